The van der Waals surface area contributed by atoms with Crippen molar-refractivity contribution >= 4 is 0 Å². The summed E-state index contributed by atoms with van der Waals surface area (Å²) in [5.41, 5.74) is 5.43. The Hall–Kier alpha value is -0.0800. The molecule has 14 heavy (non-hydrogen) atoms. The lowest BCUT2D eigenvalue weighted by atomic mass is 9.56. The first-order chi connectivity index (χ1) is 6.77. The highest BCUT2D eigenvalue weighted by Crippen LogP contribution is 2.85. The molecule has 0 aromatic heterocycles. The number of fused-ring (bicyclic) bond motifs is 2. The molecule has 5 saturated carbocycles. The van der Waals surface area contributed by atoms with Crippen molar-refractivity contribution in [1.29, 1.82) is 0 Å². The van der Waals surface area contributed by atoms with Gasteiger partial charge in [-0.05, 0) is 60.2 Å². The van der Waals surface area contributed by atoms with Gasteiger partial charge in [0.2, 0.25) is 0 Å². The fraction of sp³-hybridized carbons (Fsp3) is 1.00. The summed E-state index contributed by atoms with van der Waals surface area (Å²) in [6.45, 7) is 0.530. The summed E-state index contributed by atoms with van der Waals surface area (Å²) in [7, 11) is 0. The van der Waals surface area contributed by atoms with Gasteiger partial charge in [0.15, 0.2) is 0 Å². The zero-order valence-corrected chi connectivity index (χ0v) is 8.26. The molecule has 5 aliphatic carbocycles. The second-order valence-electron chi connectivity index (χ2n) is 6.53. The summed E-state index contributed by atoms with van der Waals surface area (Å²) in [5.74, 6) is 6.82. The van der Waals surface area contributed by atoms with Crippen LogP contribution < -0.4 is 5.73 Å². The molecule has 5 aliphatic rings. The molecule has 9 atom stereocenters. The van der Waals surface area contributed by atoms with Crippen LogP contribution in [0.25, 0.3) is 0 Å². The molecule has 5 fully saturated rings. The third-order valence-electron chi connectivity index (χ3n) is 6.85. The van der Waals surface area contributed by atoms with Gasteiger partial charge in [-0.3, -0.25) is 0 Å². The zero-order valence-electron chi connectivity index (χ0n) is 8.26. The standard InChI is InChI=1S/C12H17NO/c13-3-12(14)10-5-2-6-8-4(5)1-7(10)9(8)11(6)12/h4-11,14H,1-3,13H2/t4-,5+,6+,7-,8-,9-,10+,11-,12-/m0/s1. The van der Waals surface area contributed by atoms with Crippen LogP contribution in [-0.4, -0.2) is 17.3 Å². The van der Waals surface area contributed by atoms with Gasteiger partial charge < -0.3 is 10.8 Å². The molecule has 2 bridgehead atoms. The Kier molecular flexibility index (Phi) is 0.875. The minimum Gasteiger partial charge on any atom is -0.388 e. The summed E-state index contributed by atoms with van der Waals surface area (Å²) in [6, 6.07) is 0. The zero-order chi connectivity index (χ0) is 9.24. The molecule has 0 spiro atoms. The number of rotatable bonds is 1. The number of hydrogen-bond acceptors (Lipinski definition) is 2. The largest absolute Gasteiger partial charge is 0.388 e. The Morgan fingerprint density at radius 2 is 1.71 bits per heavy atom. The number of aliphatic hydroxyl groups is 1. The van der Waals surface area contributed by atoms with Crippen molar-refractivity contribution in [3.05, 3.63) is 0 Å². The summed E-state index contributed by atoms with van der Waals surface area (Å²) < 4.78 is 0. The maximum atomic E-state index is 10.7. The van der Waals surface area contributed by atoms with Gasteiger partial charge in [0.25, 0.3) is 0 Å². The highest BCUT2D eigenvalue weighted by Gasteiger charge is 2.84. The van der Waals surface area contributed by atoms with Gasteiger partial charge in [-0.2, -0.15) is 0 Å². The van der Waals surface area contributed by atoms with Crippen LogP contribution in [-0.2, 0) is 0 Å². The quantitative estimate of drug-likeness (QED) is 0.632. The van der Waals surface area contributed by atoms with Gasteiger partial charge >= 0.3 is 0 Å². The minimum atomic E-state index is -0.426. The van der Waals surface area contributed by atoms with E-state index >= 15 is 0 Å². The Morgan fingerprint density at radius 3 is 2.50 bits per heavy atom. The molecular weight excluding hydrogens is 174 g/mol. The van der Waals surface area contributed by atoms with Gasteiger partial charge in [-0.25, -0.2) is 0 Å². The summed E-state index contributed by atoms with van der Waals surface area (Å²) >= 11 is 0. The molecule has 0 heterocycles. The fourth-order valence-electron chi connectivity index (χ4n) is 7.00. The molecule has 0 aromatic carbocycles. The molecule has 5 rings (SSSR count). The number of nitrogens with two attached hydrogens (primary N) is 1. The Balaban J connectivity index is 1.79. The molecule has 0 aromatic rings. The van der Waals surface area contributed by atoms with Crippen LogP contribution in [0.5, 0.6) is 0 Å². The Labute approximate surface area is 83.9 Å². The lowest BCUT2D eigenvalue weighted by Crippen LogP contribution is -2.57. The van der Waals surface area contributed by atoms with Gasteiger partial charge in [-0.15, -0.1) is 0 Å². The van der Waals surface area contributed by atoms with Crippen LogP contribution in [0, 0.1) is 47.3 Å². The van der Waals surface area contributed by atoms with Gasteiger partial charge in [0.05, 0.1) is 5.60 Å². The summed E-state index contributed by atoms with van der Waals surface area (Å²) in [4.78, 5) is 0. The Bertz CT molecular complexity index is 337. The van der Waals surface area contributed by atoms with Crippen LogP contribution in [0.3, 0.4) is 0 Å². The van der Waals surface area contributed by atoms with E-state index in [-0.39, 0.29) is 0 Å². The topological polar surface area (TPSA) is 46.2 Å². The lowest BCUT2D eigenvalue weighted by Gasteiger charge is -2.51. The van der Waals surface area contributed by atoms with E-state index in [9.17, 15) is 5.11 Å². The van der Waals surface area contributed by atoms with Gasteiger partial charge in [-0.1, -0.05) is 0 Å². The summed E-state index contributed by atoms with van der Waals surface area (Å²) in [6.07, 6.45) is 2.89. The molecule has 2 heteroatoms. The highest BCUT2D eigenvalue weighted by atomic mass is 16.3. The van der Waals surface area contributed by atoms with Crippen molar-refractivity contribution in [2.75, 3.05) is 6.54 Å². The first-order valence-electron chi connectivity index (χ1n) is 6.20. The number of hydrogen-bond donors (Lipinski definition) is 2. The van der Waals surface area contributed by atoms with E-state index in [1.54, 1.807) is 0 Å². The average Bonchev–Trinajstić information content (AvgIpc) is 2.63. The predicted molar refractivity (Wildman–Crippen MR) is 51.2 cm³/mol. The second kappa shape index (κ2) is 1.69. The maximum Gasteiger partial charge on any atom is 0.0836 e. The molecule has 0 saturated heterocycles. The lowest BCUT2D eigenvalue weighted by molar-refractivity contribution is -0.123. The van der Waals surface area contributed by atoms with Gasteiger partial charge in [0, 0.05) is 6.54 Å². The Morgan fingerprint density at radius 1 is 1.00 bits per heavy atom. The third-order valence-corrected chi connectivity index (χ3v) is 6.85. The molecule has 0 radical (unpaired) electrons. The van der Waals surface area contributed by atoms with Crippen LogP contribution in [0.15, 0.2) is 0 Å². The van der Waals surface area contributed by atoms with Crippen molar-refractivity contribution in [2.24, 2.45) is 53.1 Å². The van der Waals surface area contributed by atoms with E-state index in [0.717, 1.165) is 35.5 Å². The first-order valence-corrected chi connectivity index (χ1v) is 6.20. The molecule has 2 nitrogen and oxygen atoms in total. The summed E-state index contributed by atoms with van der Waals surface area (Å²) in [5, 5.41) is 10.7. The molecular formula is C12H17NO. The molecule has 0 aliphatic heterocycles. The van der Waals surface area contributed by atoms with Crippen LogP contribution in [0.4, 0.5) is 0 Å². The molecule has 76 valence electrons. The molecule has 0 unspecified atom stereocenters. The highest BCUT2D eigenvalue weighted by molar-refractivity contribution is 5.32. The van der Waals surface area contributed by atoms with Crippen molar-refractivity contribution in [3.8, 4) is 0 Å². The van der Waals surface area contributed by atoms with E-state index in [1.165, 1.54) is 12.8 Å². The van der Waals surface area contributed by atoms with E-state index in [0.29, 0.717) is 18.4 Å². The van der Waals surface area contributed by atoms with Crippen molar-refractivity contribution in [1.82, 2.24) is 0 Å². The van der Waals surface area contributed by atoms with Crippen molar-refractivity contribution in [3.63, 3.8) is 0 Å². The predicted octanol–water partition coefficient (Wildman–Crippen LogP) is 0.454. The fourth-order valence-corrected chi connectivity index (χ4v) is 7.00. The van der Waals surface area contributed by atoms with Crippen LogP contribution in [0.2, 0.25) is 0 Å². The van der Waals surface area contributed by atoms with E-state index in [1.807, 2.05) is 0 Å². The molecule has 0 amide bonds. The van der Waals surface area contributed by atoms with Crippen LogP contribution >= 0.6 is 0 Å². The monoisotopic (exact) mass is 191 g/mol. The minimum absolute atomic E-state index is 0.426. The third kappa shape index (κ3) is 0.409. The average molecular weight is 191 g/mol. The first kappa shape index (κ1) is 7.24. The van der Waals surface area contributed by atoms with E-state index < -0.39 is 5.60 Å². The van der Waals surface area contributed by atoms with Crippen LogP contribution in [0.1, 0.15) is 12.8 Å². The smallest absolute Gasteiger partial charge is 0.0836 e. The maximum absolute atomic E-state index is 10.7. The normalized spacial score (nSPS) is 80.1. The second-order valence-corrected chi connectivity index (χ2v) is 6.53. The van der Waals surface area contributed by atoms with E-state index in [4.69, 9.17) is 5.73 Å². The molecule has 3 N–H and O–H groups in total. The van der Waals surface area contributed by atoms with Crippen molar-refractivity contribution < 1.29 is 5.11 Å². The van der Waals surface area contributed by atoms with Gasteiger partial charge in [0.1, 0.15) is 0 Å². The SMILES string of the molecule is NC[C@]1(O)[C@@H]2[C@@H]3C[C@@H]4[C@@H]5[C@H]3C[C@H]2[C@@H]5[C@H]41. The van der Waals surface area contributed by atoms with E-state index in [2.05, 4.69) is 0 Å². The van der Waals surface area contributed by atoms with Crippen molar-refractivity contribution in [2.45, 2.75) is 18.4 Å².